The van der Waals surface area contributed by atoms with E-state index in [2.05, 4.69) is 25.5 Å². The maximum atomic E-state index is 11.9. The second-order valence-electron chi connectivity index (χ2n) is 6.84. The van der Waals surface area contributed by atoms with Gasteiger partial charge in [-0.2, -0.15) is 4.98 Å². The van der Waals surface area contributed by atoms with Gasteiger partial charge in [0.15, 0.2) is 0 Å². The fourth-order valence-corrected chi connectivity index (χ4v) is 3.21. The minimum Gasteiger partial charge on any atom is -0.356 e. The number of hydrogen-bond acceptors (Lipinski definition) is 5. The van der Waals surface area contributed by atoms with Crippen molar-refractivity contribution >= 4 is 35.4 Å². The van der Waals surface area contributed by atoms with Gasteiger partial charge in [0.05, 0.1) is 0 Å². The highest BCUT2D eigenvalue weighted by molar-refractivity contribution is 6.30. The van der Waals surface area contributed by atoms with Crippen LogP contribution >= 0.6 is 11.6 Å². The molecule has 1 aromatic carbocycles. The third-order valence-electron chi connectivity index (χ3n) is 4.53. The molecule has 2 heterocycles. The van der Waals surface area contributed by atoms with Gasteiger partial charge in [-0.1, -0.05) is 23.7 Å². The van der Waals surface area contributed by atoms with Gasteiger partial charge >= 0.3 is 0 Å². The predicted octanol–water partition coefficient (Wildman–Crippen LogP) is 3.67. The van der Waals surface area contributed by atoms with Crippen LogP contribution in [0.2, 0.25) is 5.02 Å². The summed E-state index contributed by atoms with van der Waals surface area (Å²) in [6.45, 7) is 5.12. The van der Waals surface area contributed by atoms with E-state index in [1.54, 1.807) is 18.2 Å². The number of halogens is 1. The van der Waals surface area contributed by atoms with Crippen molar-refractivity contribution in [1.29, 1.82) is 0 Å². The molecule has 1 aliphatic rings. The van der Waals surface area contributed by atoms with Crippen LogP contribution in [0.15, 0.2) is 36.4 Å². The summed E-state index contributed by atoms with van der Waals surface area (Å²) in [4.78, 5) is 23.3. The Hall–Kier alpha value is -2.60. The molecule has 3 rings (SSSR count). The second-order valence-corrected chi connectivity index (χ2v) is 7.28. The van der Waals surface area contributed by atoms with Gasteiger partial charge < -0.3 is 15.5 Å². The van der Waals surface area contributed by atoms with E-state index in [0.29, 0.717) is 24.1 Å². The zero-order valence-corrected chi connectivity index (χ0v) is 16.9. The number of piperidine rings is 1. The average molecular weight is 400 g/mol. The van der Waals surface area contributed by atoms with Crippen LogP contribution in [0.25, 0.3) is 6.08 Å². The lowest BCUT2D eigenvalue weighted by atomic mass is 10.1. The van der Waals surface area contributed by atoms with Gasteiger partial charge in [0, 0.05) is 49.0 Å². The van der Waals surface area contributed by atoms with Crippen molar-refractivity contribution in [2.75, 3.05) is 36.4 Å². The van der Waals surface area contributed by atoms with E-state index in [-0.39, 0.29) is 5.91 Å². The van der Waals surface area contributed by atoms with Crippen molar-refractivity contribution in [2.24, 2.45) is 0 Å². The molecule has 1 aliphatic heterocycles. The summed E-state index contributed by atoms with van der Waals surface area (Å²) >= 11 is 5.85. The molecule has 1 amide bonds. The zero-order valence-electron chi connectivity index (χ0n) is 16.1. The van der Waals surface area contributed by atoms with Gasteiger partial charge in [0.1, 0.15) is 5.82 Å². The lowest BCUT2D eigenvalue weighted by Crippen LogP contribution is -2.31. The number of hydrogen-bond donors (Lipinski definition) is 2. The average Bonchev–Trinajstić information content (AvgIpc) is 2.71. The first-order chi connectivity index (χ1) is 13.6. The first-order valence-electron chi connectivity index (χ1n) is 9.66. The van der Waals surface area contributed by atoms with Crippen molar-refractivity contribution in [2.45, 2.75) is 26.2 Å². The van der Waals surface area contributed by atoms with Crippen LogP contribution in [0, 0.1) is 6.92 Å². The van der Waals surface area contributed by atoms with Crippen LogP contribution in [0.5, 0.6) is 0 Å². The number of carbonyl (C=O) groups is 1. The molecule has 7 heteroatoms. The molecule has 2 aromatic rings. The van der Waals surface area contributed by atoms with Gasteiger partial charge in [-0.15, -0.1) is 0 Å². The molecule has 0 radical (unpaired) electrons. The fourth-order valence-electron chi connectivity index (χ4n) is 3.08. The Kier molecular flexibility index (Phi) is 7.25. The molecule has 0 unspecified atom stereocenters. The number of benzene rings is 1. The molecule has 1 fully saturated rings. The normalized spacial score (nSPS) is 14.3. The number of aryl methyl sites for hydroxylation is 1. The van der Waals surface area contributed by atoms with E-state index < -0.39 is 0 Å². The van der Waals surface area contributed by atoms with Gasteiger partial charge in [-0.3, -0.25) is 4.79 Å². The molecule has 0 atom stereocenters. The number of nitrogens with one attached hydrogen (secondary N) is 2. The number of carbonyl (C=O) groups excluding carboxylic acids is 1. The molecule has 28 heavy (non-hydrogen) atoms. The van der Waals surface area contributed by atoms with Crippen LogP contribution in [-0.4, -0.2) is 42.1 Å². The number of nitrogens with zero attached hydrogens (tertiary/aromatic N) is 3. The minimum absolute atomic E-state index is 0.143. The van der Waals surface area contributed by atoms with Crippen molar-refractivity contribution in [3.05, 3.63) is 52.7 Å². The Morgan fingerprint density at radius 3 is 2.64 bits per heavy atom. The first kappa shape index (κ1) is 20.1. The van der Waals surface area contributed by atoms with E-state index in [9.17, 15) is 4.79 Å². The molecule has 0 spiro atoms. The van der Waals surface area contributed by atoms with Gasteiger partial charge in [-0.05, 0) is 50.0 Å². The van der Waals surface area contributed by atoms with Gasteiger partial charge in [0.25, 0.3) is 0 Å². The van der Waals surface area contributed by atoms with E-state index in [1.807, 2.05) is 25.1 Å². The molecule has 2 N–H and O–H groups in total. The predicted molar refractivity (Wildman–Crippen MR) is 115 cm³/mol. The Balaban J connectivity index is 1.45. The van der Waals surface area contributed by atoms with Crippen LogP contribution in [-0.2, 0) is 4.79 Å². The SMILES string of the molecule is Cc1cc(N2CCCCC2)nc(NCCNC(=O)/C=C/c2ccc(Cl)cc2)n1. The number of amides is 1. The van der Waals surface area contributed by atoms with E-state index in [4.69, 9.17) is 11.6 Å². The van der Waals surface area contributed by atoms with E-state index in [1.165, 1.54) is 25.3 Å². The van der Waals surface area contributed by atoms with Crippen molar-refractivity contribution in [3.63, 3.8) is 0 Å². The topological polar surface area (TPSA) is 70.2 Å². The summed E-state index contributed by atoms with van der Waals surface area (Å²) in [5.41, 5.74) is 1.86. The lowest BCUT2D eigenvalue weighted by Gasteiger charge is -2.28. The molecule has 1 saturated heterocycles. The van der Waals surface area contributed by atoms with Crippen molar-refractivity contribution < 1.29 is 4.79 Å². The zero-order chi connectivity index (χ0) is 19.8. The van der Waals surface area contributed by atoms with Crippen LogP contribution in [0.1, 0.15) is 30.5 Å². The summed E-state index contributed by atoms with van der Waals surface area (Å²) in [7, 11) is 0. The van der Waals surface area contributed by atoms with Crippen LogP contribution in [0.3, 0.4) is 0 Å². The molecule has 1 aromatic heterocycles. The number of anilines is 2. The van der Waals surface area contributed by atoms with Crippen molar-refractivity contribution in [1.82, 2.24) is 15.3 Å². The molecular weight excluding hydrogens is 374 g/mol. The standard InChI is InChI=1S/C21H26ClN5O/c1-16-15-19(27-13-3-2-4-14-27)26-21(25-16)24-12-11-23-20(28)10-7-17-5-8-18(22)9-6-17/h5-10,15H,2-4,11-14H2,1H3,(H,23,28)(H,24,25,26)/b10-7+. The van der Waals surface area contributed by atoms with E-state index in [0.717, 1.165) is 30.2 Å². The number of rotatable bonds is 7. The van der Waals surface area contributed by atoms with Crippen LogP contribution in [0.4, 0.5) is 11.8 Å². The molecule has 0 bridgehead atoms. The molecule has 6 nitrogen and oxygen atoms in total. The molecule has 0 aliphatic carbocycles. The largest absolute Gasteiger partial charge is 0.356 e. The number of aromatic nitrogens is 2. The minimum atomic E-state index is -0.143. The third-order valence-corrected chi connectivity index (χ3v) is 4.78. The highest BCUT2D eigenvalue weighted by Gasteiger charge is 2.13. The van der Waals surface area contributed by atoms with Gasteiger partial charge in [-0.25, -0.2) is 4.98 Å². The monoisotopic (exact) mass is 399 g/mol. The van der Waals surface area contributed by atoms with Gasteiger partial charge in [0.2, 0.25) is 11.9 Å². The highest BCUT2D eigenvalue weighted by atomic mass is 35.5. The fraction of sp³-hybridized carbons (Fsp3) is 0.381. The van der Waals surface area contributed by atoms with Crippen LogP contribution < -0.4 is 15.5 Å². The lowest BCUT2D eigenvalue weighted by molar-refractivity contribution is -0.116. The summed E-state index contributed by atoms with van der Waals surface area (Å²) in [5, 5.41) is 6.72. The van der Waals surface area contributed by atoms with Crippen molar-refractivity contribution in [3.8, 4) is 0 Å². The highest BCUT2D eigenvalue weighted by Crippen LogP contribution is 2.19. The summed E-state index contributed by atoms with van der Waals surface area (Å²) in [5.74, 6) is 1.44. The summed E-state index contributed by atoms with van der Waals surface area (Å²) in [6.07, 6.45) is 6.98. The second kappa shape index (κ2) is 10.1. The molecule has 0 saturated carbocycles. The molecular formula is C21H26ClN5O. The summed E-state index contributed by atoms with van der Waals surface area (Å²) in [6, 6.07) is 9.34. The third kappa shape index (κ3) is 6.23. The maximum absolute atomic E-state index is 11.9. The Morgan fingerprint density at radius 2 is 1.89 bits per heavy atom. The molecule has 148 valence electrons. The Bertz CT molecular complexity index is 816. The summed E-state index contributed by atoms with van der Waals surface area (Å²) < 4.78 is 0. The Morgan fingerprint density at radius 1 is 1.14 bits per heavy atom. The smallest absolute Gasteiger partial charge is 0.244 e. The van der Waals surface area contributed by atoms with E-state index >= 15 is 0 Å². The Labute approximate surface area is 171 Å². The quantitative estimate of drug-likeness (QED) is 0.549. The first-order valence-corrected chi connectivity index (χ1v) is 10.0. The maximum Gasteiger partial charge on any atom is 0.244 e.